The second-order valence-electron chi connectivity index (χ2n) is 7.76. The molecule has 32 heavy (non-hydrogen) atoms. The number of ether oxygens (including phenoxy) is 4. The molecule has 6 nitrogen and oxygen atoms in total. The zero-order valence-electron chi connectivity index (χ0n) is 18.0. The van der Waals surface area contributed by atoms with Crippen molar-refractivity contribution >= 4 is 17.4 Å². The zero-order valence-corrected chi connectivity index (χ0v) is 18.9. The molecule has 1 N–H and O–H groups in total. The van der Waals surface area contributed by atoms with Crippen molar-refractivity contribution in [2.24, 2.45) is 0 Å². The minimum atomic E-state index is 0.239. The Morgan fingerprint density at radius 2 is 1.75 bits per heavy atom. The van der Waals surface area contributed by atoms with Gasteiger partial charge in [-0.15, -0.1) is 11.8 Å². The Balaban J connectivity index is 1.47. The first-order valence-corrected chi connectivity index (χ1v) is 11.4. The van der Waals surface area contributed by atoms with Gasteiger partial charge in [0.05, 0.1) is 19.9 Å². The average molecular weight is 452 g/mol. The molecule has 0 amide bonds. The molecular weight excluding hydrogens is 426 g/mol. The van der Waals surface area contributed by atoms with Gasteiger partial charge in [0, 0.05) is 34.9 Å². The van der Waals surface area contributed by atoms with E-state index in [0.29, 0.717) is 12.3 Å². The van der Waals surface area contributed by atoms with Gasteiger partial charge in [-0.25, -0.2) is 0 Å². The number of rotatable bonds is 5. The normalized spacial score (nSPS) is 16.9. The molecule has 0 spiro atoms. The highest BCUT2D eigenvalue weighted by atomic mass is 32.2. The van der Waals surface area contributed by atoms with Crippen molar-refractivity contribution in [3.63, 3.8) is 0 Å². The SMILES string of the molecule is COc1ccc(CN2CC[C@H](c3ccc4c(c3)OCO4)Sc3cc(OC)ccc32)c(O)c1. The van der Waals surface area contributed by atoms with E-state index in [0.717, 1.165) is 46.4 Å². The molecule has 0 fully saturated rings. The van der Waals surface area contributed by atoms with Crippen LogP contribution in [-0.2, 0) is 6.54 Å². The number of thioether (sulfide) groups is 1. The van der Waals surface area contributed by atoms with Crippen LogP contribution in [0.4, 0.5) is 5.69 Å². The quantitative estimate of drug-likeness (QED) is 0.559. The van der Waals surface area contributed by atoms with E-state index in [1.807, 2.05) is 36.0 Å². The van der Waals surface area contributed by atoms with Gasteiger partial charge in [0.15, 0.2) is 11.5 Å². The highest BCUT2D eigenvalue weighted by Crippen LogP contribution is 2.48. The summed E-state index contributed by atoms with van der Waals surface area (Å²) in [6, 6.07) is 17.8. The van der Waals surface area contributed by atoms with Gasteiger partial charge < -0.3 is 29.0 Å². The summed E-state index contributed by atoms with van der Waals surface area (Å²) >= 11 is 1.83. The van der Waals surface area contributed by atoms with Crippen molar-refractivity contribution in [2.75, 3.05) is 32.5 Å². The van der Waals surface area contributed by atoms with Gasteiger partial charge in [-0.3, -0.25) is 0 Å². The number of hydrogen-bond donors (Lipinski definition) is 1. The molecule has 3 aromatic carbocycles. The van der Waals surface area contributed by atoms with Crippen molar-refractivity contribution in [2.45, 2.75) is 23.1 Å². The highest BCUT2D eigenvalue weighted by molar-refractivity contribution is 7.99. The first kappa shape index (κ1) is 20.7. The monoisotopic (exact) mass is 451 g/mol. The summed E-state index contributed by atoms with van der Waals surface area (Å²) in [4.78, 5) is 3.47. The van der Waals surface area contributed by atoms with E-state index in [1.54, 1.807) is 20.3 Å². The lowest BCUT2D eigenvalue weighted by Crippen LogP contribution is -2.24. The van der Waals surface area contributed by atoms with E-state index in [-0.39, 0.29) is 17.8 Å². The van der Waals surface area contributed by atoms with Crippen LogP contribution in [0.1, 0.15) is 22.8 Å². The fourth-order valence-electron chi connectivity index (χ4n) is 4.11. The summed E-state index contributed by atoms with van der Waals surface area (Å²) in [6.45, 7) is 1.72. The predicted molar refractivity (Wildman–Crippen MR) is 124 cm³/mol. The second kappa shape index (κ2) is 8.74. The van der Waals surface area contributed by atoms with Gasteiger partial charge in [0.25, 0.3) is 0 Å². The van der Waals surface area contributed by atoms with Gasteiger partial charge in [-0.2, -0.15) is 0 Å². The predicted octanol–water partition coefficient (Wildman–Crippen LogP) is 5.38. The lowest BCUT2D eigenvalue weighted by molar-refractivity contribution is 0.174. The van der Waals surface area contributed by atoms with E-state index in [4.69, 9.17) is 18.9 Å². The first-order valence-electron chi connectivity index (χ1n) is 10.5. The average Bonchev–Trinajstić information content (AvgIpc) is 3.22. The Morgan fingerprint density at radius 3 is 2.56 bits per heavy atom. The third-order valence-corrected chi connectivity index (χ3v) is 7.23. The molecule has 0 aromatic heterocycles. The van der Waals surface area contributed by atoms with Gasteiger partial charge in [-0.05, 0) is 54.4 Å². The van der Waals surface area contributed by atoms with Crippen LogP contribution in [0.5, 0.6) is 28.7 Å². The summed E-state index contributed by atoms with van der Waals surface area (Å²) in [6.07, 6.45) is 0.943. The summed E-state index contributed by atoms with van der Waals surface area (Å²) in [5.74, 6) is 3.31. The minimum absolute atomic E-state index is 0.239. The molecule has 0 radical (unpaired) electrons. The highest BCUT2D eigenvalue weighted by Gasteiger charge is 2.26. The van der Waals surface area contributed by atoms with Crippen LogP contribution < -0.4 is 23.8 Å². The second-order valence-corrected chi connectivity index (χ2v) is 9.00. The molecule has 3 aromatic rings. The zero-order chi connectivity index (χ0) is 22.1. The maximum atomic E-state index is 10.5. The van der Waals surface area contributed by atoms with Crippen molar-refractivity contribution < 1.29 is 24.1 Å². The van der Waals surface area contributed by atoms with Gasteiger partial charge >= 0.3 is 0 Å². The Morgan fingerprint density at radius 1 is 0.969 bits per heavy atom. The largest absolute Gasteiger partial charge is 0.507 e. The lowest BCUT2D eigenvalue weighted by atomic mass is 10.1. The standard InChI is InChI=1S/C25H25NO5S/c1-28-18-5-3-17(21(27)12-18)14-26-10-9-24(16-4-8-22-23(11-16)31-15-30-22)32-25-13-19(29-2)6-7-20(25)26/h3-8,11-13,24,27H,9-10,14-15H2,1-2H3/t24-/m1/s1. The van der Waals surface area contributed by atoms with Gasteiger partial charge in [0.1, 0.15) is 17.2 Å². The molecule has 2 aliphatic rings. The Bertz CT molecular complexity index is 1140. The van der Waals surface area contributed by atoms with Crippen LogP contribution in [-0.4, -0.2) is 32.7 Å². The van der Waals surface area contributed by atoms with E-state index in [2.05, 4.69) is 29.2 Å². The van der Waals surface area contributed by atoms with Crippen molar-refractivity contribution in [1.29, 1.82) is 0 Å². The Labute approximate surface area is 191 Å². The van der Waals surface area contributed by atoms with Crippen LogP contribution in [0, 0.1) is 0 Å². The number of benzene rings is 3. The number of phenolic OH excluding ortho intramolecular Hbond substituents is 1. The third-order valence-electron chi connectivity index (χ3n) is 5.86. The van der Waals surface area contributed by atoms with Crippen molar-refractivity contribution in [1.82, 2.24) is 0 Å². The van der Waals surface area contributed by atoms with Crippen LogP contribution in [0.3, 0.4) is 0 Å². The summed E-state index contributed by atoms with van der Waals surface area (Å²) in [5.41, 5.74) is 3.20. The van der Waals surface area contributed by atoms with E-state index < -0.39 is 0 Å². The molecule has 0 aliphatic carbocycles. The molecule has 2 aliphatic heterocycles. The molecule has 5 rings (SSSR count). The molecule has 1 atom stereocenters. The van der Waals surface area contributed by atoms with Crippen LogP contribution in [0.25, 0.3) is 0 Å². The smallest absolute Gasteiger partial charge is 0.231 e. The van der Waals surface area contributed by atoms with E-state index >= 15 is 0 Å². The van der Waals surface area contributed by atoms with Crippen LogP contribution in [0.15, 0.2) is 59.5 Å². The fraction of sp³-hybridized carbons (Fsp3) is 0.280. The summed E-state index contributed by atoms with van der Waals surface area (Å²) in [7, 11) is 3.28. The summed E-state index contributed by atoms with van der Waals surface area (Å²) < 4.78 is 21.8. The molecule has 0 saturated heterocycles. The lowest BCUT2D eigenvalue weighted by Gasteiger charge is -2.25. The number of hydrogen-bond acceptors (Lipinski definition) is 7. The number of nitrogens with zero attached hydrogens (tertiary/aromatic N) is 1. The maximum absolute atomic E-state index is 10.5. The Kier molecular flexibility index (Phi) is 5.66. The van der Waals surface area contributed by atoms with Gasteiger partial charge in [0.2, 0.25) is 6.79 Å². The number of anilines is 1. The van der Waals surface area contributed by atoms with E-state index in [1.165, 1.54) is 5.56 Å². The van der Waals surface area contributed by atoms with Crippen LogP contribution >= 0.6 is 11.8 Å². The number of phenols is 1. The molecule has 0 bridgehead atoms. The number of methoxy groups -OCH3 is 2. The number of aromatic hydroxyl groups is 1. The molecule has 2 heterocycles. The number of fused-ring (bicyclic) bond motifs is 2. The topological polar surface area (TPSA) is 60.4 Å². The molecular formula is C25H25NO5S. The molecule has 0 saturated carbocycles. The van der Waals surface area contributed by atoms with Crippen LogP contribution in [0.2, 0.25) is 0 Å². The Hall–Kier alpha value is -3.19. The van der Waals surface area contributed by atoms with Crippen molar-refractivity contribution in [3.05, 3.63) is 65.7 Å². The molecule has 166 valence electrons. The first-order chi connectivity index (χ1) is 15.6. The summed E-state index contributed by atoms with van der Waals surface area (Å²) in [5, 5.41) is 10.8. The maximum Gasteiger partial charge on any atom is 0.231 e. The fourth-order valence-corrected chi connectivity index (χ4v) is 5.42. The minimum Gasteiger partial charge on any atom is -0.507 e. The molecule has 0 unspecified atom stereocenters. The third kappa shape index (κ3) is 4.00. The van der Waals surface area contributed by atoms with E-state index in [9.17, 15) is 5.11 Å². The van der Waals surface area contributed by atoms with Gasteiger partial charge in [-0.1, -0.05) is 6.07 Å². The van der Waals surface area contributed by atoms with Crippen molar-refractivity contribution in [3.8, 4) is 28.7 Å². The molecule has 7 heteroatoms.